The number of aliphatic imine (C=N–C) groups is 1. The normalized spacial score (nSPS) is 21.7. The van der Waals surface area contributed by atoms with Crippen LogP contribution < -0.4 is 11.1 Å². The smallest absolute Gasteiger partial charge is 0.237 e. The van der Waals surface area contributed by atoms with Crippen LogP contribution in [0.25, 0.3) is 0 Å². The number of nitrogens with two attached hydrogens (primary N) is 1. The summed E-state index contributed by atoms with van der Waals surface area (Å²) in [6, 6.07) is 6.39. The zero-order valence-corrected chi connectivity index (χ0v) is 15.8. The quantitative estimate of drug-likeness (QED) is 0.860. The highest BCUT2D eigenvalue weighted by Gasteiger charge is 2.53. The zero-order valence-electron chi connectivity index (χ0n) is 15.8. The Bertz CT molecular complexity index is 898. The third-order valence-corrected chi connectivity index (χ3v) is 5.30. The molecule has 2 aromatic rings. The summed E-state index contributed by atoms with van der Waals surface area (Å²) in [6.45, 7) is 5.62. The molecule has 0 aliphatic carbocycles. The van der Waals surface area contributed by atoms with Gasteiger partial charge in [-0.05, 0) is 45.0 Å². The van der Waals surface area contributed by atoms with Crippen molar-refractivity contribution in [2.45, 2.75) is 32.9 Å². The number of hydrogen-bond acceptors (Lipinski definition) is 6. The average molecular weight is 370 g/mol. The van der Waals surface area contributed by atoms with Crippen molar-refractivity contribution in [1.82, 2.24) is 14.9 Å². The SMILES string of the molecule is CN1C(=O)C(C)(C)C(C)(c2cc(NCc3ncccn3)ccc2F)N=C1N. The number of guanidine groups is 1. The Morgan fingerprint density at radius 1 is 1.22 bits per heavy atom. The van der Waals surface area contributed by atoms with Gasteiger partial charge < -0.3 is 11.1 Å². The minimum atomic E-state index is -1.15. The van der Waals surface area contributed by atoms with Gasteiger partial charge in [0.2, 0.25) is 5.91 Å². The van der Waals surface area contributed by atoms with Gasteiger partial charge in [-0.15, -0.1) is 0 Å². The van der Waals surface area contributed by atoms with Gasteiger partial charge in [0, 0.05) is 30.7 Å². The van der Waals surface area contributed by atoms with E-state index in [4.69, 9.17) is 5.73 Å². The Morgan fingerprint density at radius 2 is 1.89 bits per heavy atom. The van der Waals surface area contributed by atoms with Gasteiger partial charge in [0.15, 0.2) is 5.96 Å². The minimum absolute atomic E-state index is 0.0669. The van der Waals surface area contributed by atoms with E-state index in [1.165, 1.54) is 11.0 Å². The first-order valence-electron chi connectivity index (χ1n) is 8.60. The van der Waals surface area contributed by atoms with Crippen molar-refractivity contribution in [2.75, 3.05) is 12.4 Å². The molecule has 2 heterocycles. The van der Waals surface area contributed by atoms with Gasteiger partial charge in [0.1, 0.15) is 17.2 Å². The van der Waals surface area contributed by atoms with Gasteiger partial charge in [0.25, 0.3) is 0 Å². The Labute approximate surface area is 157 Å². The molecule has 1 aromatic heterocycles. The van der Waals surface area contributed by atoms with Crippen LogP contribution in [0.5, 0.6) is 0 Å². The Morgan fingerprint density at radius 3 is 2.56 bits per heavy atom. The summed E-state index contributed by atoms with van der Waals surface area (Å²) >= 11 is 0. The van der Waals surface area contributed by atoms with Gasteiger partial charge in [0.05, 0.1) is 12.0 Å². The van der Waals surface area contributed by atoms with E-state index in [1.807, 2.05) is 0 Å². The molecule has 0 radical (unpaired) electrons. The van der Waals surface area contributed by atoms with E-state index in [1.54, 1.807) is 58.4 Å². The van der Waals surface area contributed by atoms with Crippen molar-refractivity contribution in [3.8, 4) is 0 Å². The fraction of sp³-hybridized carbons (Fsp3) is 0.368. The largest absolute Gasteiger partial charge is 0.378 e. The van der Waals surface area contributed by atoms with E-state index in [0.717, 1.165) is 0 Å². The molecule has 1 unspecified atom stereocenters. The summed E-state index contributed by atoms with van der Waals surface area (Å²) in [4.78, 5) is 26.9. The molecule has 1 amide bonds. The molecule has 0 saturated carbocycles. The zero-order chi connectivity index (χ0) is 19.8. The maximum absolute atomic E-state index is 14.8. The molecule has 27 heavy (non-hydrogen) atoms. The number of nitrogens with zero attached hydrogens (tertiary/aromatic N) is 4. The first-order chi connectivity index (χ1) is 12.7. The van der Waals surface area contributed by atoms with Gasteiger partial charge in [-0.1, -0.05) is 0 Å². The predicted octanol–water partition coefficient (Wildman–Crippen LogP) is 2.26. The number of anilines is 1. The predicted molar refractivity (Wildman–Crippen MR) is 101 cm³/mol. The molecule has 1 aromatic carbocycles. The van der Waals surface area contributed by atoms with Crippen LogP contribution in [0.1, 0.15) is 32.2 Å². The Hall–Kier alpha value is -3.03. The molecule has 1 aliphatic rings. The summed E-state index contributed by atoms with van der Waals surface area (Å²) in [5, 5.41) is 3.18. The molecule has 3 rings (SSSR count). The van der Waals surface area contributed by atoms with Crippen molar-refractivity contribution in [1.29, 1.82) is 0 Å². The van der Waals surface area contributed by atoms with Crippen LogP contribution in [0.3, 0.4) is 0 Å². The fourth-order valence-electron chi connectivity index (χ4n) is 3.18. The maximum Gasteiger partial charge on any atom is 0.237 e. The van der Waals surface area contributed by atoms with Crippen LogP contribution in [-0.4, -0.2) is 33.8 Å². The highest BCUT2D eigenvalue weighted by atomic mass is 19.1. The summed E-state index contributed by atoms with van der Waals surface area (Å²) in [7, 11) is 1.57. The van der Waals surface area contributed by atoms with Crippen molar-refractivity contribution < 1.29 is 9.18 Å². The molecule has 142 valence electrons. The van der Waals surface area contributed by atoms with Crippen molar-refractivity contribution in [3.05, 3.63) is 53.9 Å². The number of nitrogens with one attached hydrogen (secondary N) is 1. The van der Waals surface area contributed by atoms with E-state index < -0.39 is 16.8 Å². The number of rotatable bonds is 4. The fourth-order valence-corrected chi connectivity index (χ4v) is 3.18. The third-order valence-electron chi connectivity index (χ3n) is 5.30. The van der Waals surface area contributed by atoms with Crippen LogP contribution in [0.2, 0.25) is 0 Å². The lowest BCUT2D eigenvalue weighted by Crippen LogP contribution is -2.58. The van der Waals surface area contributed by atoms with Crippen molar-refractivity contribution >= 4 is 17.6 Å². The molecule has 0 saturated heterocycles. The summed E-state index contributed by atoms with van der Waals surface area (Å²) in [5.41, 5.74) is 4.78. The molecule has 0 fully saturated rings. The summed E-state index contributed by atoms with van der Waals surface area (Å²) < 4.78 is 14.8. The number of hydrogen-bond donors (Lipinski definition) is 2. The topological polar surface area (TPSA) is 96.5 Å². The van der Waals surface area contributed by atoms with Crippen LogP contribution in [0.15, 0.2) is 41.7 Å². The van der Waals surface area contributed by atoms with Crippen LogP contribution in [0, 0.1) is 11.2 Å². The lowest BCUT2D eigenvalue weighted by Gasteiger charge is -2.46. The number of benzene rings is 1. The molecule has 1 atom stereocenters. The van der Waals surface area contributed by atoms with E-state index >= 15 is 0 Å². The number of carbonyl (C=O) groups is 1. The number of halogens is 1. The highest BCUT2D eigenvalue weighted by molar-refractivity contribution is 6.01. The van der Waals surface area contributed by atoms with Gasteiger partial charge in [-0.2, -0.15) is 0 Å². The van der Waals surface area contributed by atoms with Crippen LogP contribution in [-0.2, 0) is 16.9 Å². The Kier molecular flexibility index (Phi) is 4.59. The molecule has 0 bridgehead atoms. The van der Waals surface area contributed by atoms with Gasteiger partial charge in [-0.3, -0.25) is 9.69 Å². The van der Waals surface area contributed by atoms with E-state index in [0.29, 0.717) is 23.6 Å². The summed E-state index contributed by atoms with van der Waals surface area (Å²) in [6.07, 6.45) is 3.32. The van der Waals surface area contributed by atoms with E-state index in [-0.39, 0.29) is 11.9 Å². The highest BCUT2D eigenvalue weighted by Crippen LogP contribution is 2.47. The maximum atomic E-state index is 14.8. The lowest BCUT2D eigenvalue weighted by atomic mass is 9.67. The molecule has 1 aliphatic heterocycles. The second-order valence-corrected chi connectivity index (χ2v) is 7.24. The first kappa shape index (κ1) is 18.8. The van der Waals surface area contributed by atoms with E-state index in [9.17, 15) is 9.18 Å². The molecule has 3 N–H and O–H groups in total. The van der Waals surface area contributed by atoms with Crippen LogP contribution >= 0.6 is 0 Å². The van der Waals surface area contributed by atoms with Gasteiger partial charge in [-0.25, -0.2) is 19.4 Å². The van der Waals surface area contributed by atoms with Crippen LogP contribution in [0.4, 0.5) is 10.1 Å². The van der Waals surface area contributed by atoms with Crippen molar-refractivity contribution in [2.24, 2.45) is 16.1 Å². The monoisotopic (exact) mass is 370 g/mol. The Balaban J connectivity index is 1.99. The first-order valence-corrected chi connectivity index (χ1v) is 8.60. The molecule has 8 heteroatoms. The molecular weight excluding hydrogens is 347 g/mol. The second-order valence-electron chi connectivity index (χ2n) is 7.24. The molecule has 0 spiro atoms. The van der Waals surface area contributed by atoms with E-state index in [2.05, 4.69) is 20.3 Å². The number of aromatic nitrogens is 2. The minimum Gasteiger partial charge on any atom is -0.378 e. The third kappa shape index (κ3) is 3.11. The average Bonchev–Trinajstić information content (AvgIpc) is 2.65. The van der Waals surface area contributed by atoms with Gasteiger partial charge >= 0.3 is 0 Å². The molecular formula is C19H23FN6O. The van der Waals surface area contributed by atoms with Crippen molar-refractivity contribution in [3.63, 3.8) is 0 Å². The molecule has 7 nitrogen and oxygen atoms in total. The number of amides is 1. The lowest BCUT2D eigenvalue weighted by molar-refractivity contribution is -0.140. The number of carbonyl (C=O) groups excluding carboxylic acids is 1. The summed E-state index contributed by atoms with van der Waals surface area (Å²) in [5.74, 6) is 0.0258. The second kappa shape index (κ2) is 6.61. The standard InChI is InChI=1S/C19H23FN6O/c1-18(2)16(27)26(4)17(21)25-19(18,3)13-10-12(6-7-14(13)20)24-11-15-22-8-5-9-23-15/h5-10,24H,11H2,1-4H3,(H2,21,25).